The van der Waals surface area contributed by atoms with Crippen LogP contribution in [0.15, 0.2) is 18.2 Å². The van der Waals surface area contributed by atoms with Crippen LogP contribution in [0.25, 0.3) is 0 Å². The van der Waals surface area contributed by atoms with E-state index < -0.39 is 0 Å². The monoisotopic (exact) mass is 245 g/mol. The van der Waals surface area contributed by atoms with E-state index in [4.69, 9.17) is 0 Å². The maximum absolute atomic E-state index is 12.4. The number of likely N-dealkylation sites (tertiary alicyclic amines) is 1. The fourth-order valence-electron chi connectivity index (χ4n) is 2.61. The molecule has 0 radical (unpaired) electrons. The molecule has 1 aliphatic rings. The number of carbonyl (C=O) groups excluding carboxylic acids is 1. The second kappa shape index (κ2) is 5.66. The van der Waals surface area contributed by atoms with E-state index in [1.54, 1.807) is 0 Å². The number of hydrogen-bond donors (Lipinski definition) is 0. The van der Waals surface area contributed by atoms with Gasteiger partial charge in [-0.05, 0) is 57.0 Å². The molecule has 1 heterocycles. The van der Waals surface area contributed by atoms with Gasteiger partial charge in [0.2, 0.25) is 0 Å². The molecule has 2 rings (SSSR count). The van der Waals surface area contributed by atoms with Gasteiger partial charge in [-0.2, -0.15) is 0 Å². The van der Waals surface area contributed by atoms with Gasteiger partial charge >= 0.3 is 0 Å². The summed E-state index contributed by atoms with van der Waals surface area (Å²) in [5, 5.41) is 0. The van der Waals surface area contributed by atoms with Crippen molar-refractivity contribution >= 4 is 5.78 Å². The lowest BCUT2D eigenvalue weighted by Gasteiger charge is -2.19. The standard InChI is InChI=1S/C16H23NO/c1-12-6-7-15(10-13(12)2)16(18)14(3)11-17-8-4-5-9-17/h6-7,10,14H,4-5,8-9,11H2,1-3H3. The van der Waals surface area contributed by atoms with Crippen LogP contribution in [0.3, 0.4) is 0 Å². The van der Waals surface area contributed by atoms with E-state index in [9.17, 15) is 4.79 Å². The normalized spacial score (nSPS) is 17.9. The van der Waals surface area contributed by atoms with Crippen molar-refractivity contribution in [1.82, 2.24) is 4.90 Å². The number of carbonyl (C=O) groups is 1. The molecule has 1 aliphatic heterocycles. The molecule has 0 aliphatic carbocycles. The van der Waals surface area contributed by atoms with E-state index in [0.29, 0.717) is 0 Å². The summed E-state index contributed by atoms with van der Waals surface area (Å²) in [5.74, 6) is 0.384. The Labute approximate surface area is 110 Å². The number of ketones is 1. The van der Waals surface area contributed by atoms with Crippen molar-refractivity contribution in [3.05, 3.63) is 34.9 Å². The van der Waals surface area contributed by atoms with E-state index in [1.807, 2.05) is 18.2 Å². The first-order valence-electron chi connectivity index (χ1n) is 6.92. The van der Waals surface area contributed by atoms with Gasteiger partial charge in [0, 0.05) is 18.0 Å². The zero-order chi connectivity index (χ0) is 13.1. The molecule has 1 fully saturated rings. The van der Waals surface area contributed by atoms with Gasteiger partial charge in [-0.3, -0.25) is 4.79 Å². The van der Waals surface area contributed by atoms with Crippen LogP contribution < -0.4 is 0 Å². The molecule has 1 aromatic carbocycles. The third-order valence-electron chi connectivity index (χ3n) is 3.97. The van der Waals surface area contributed by atoms with Crippen LogP contribution in [0.1, 0.15) is 41.3 Å². The molecule has 1 saturated heterocycles. The van der Waals surface area contributed by atoms with E-state index in [2.05, 4.69) is 25.7 Å². The minimum absolute atomic E-state index is 0.102. The summed E-state index contributed by atoms with van der Waals surface area (Å²) in [6.07, 6.45) is 2.56. The van der Waals surface area contributed by atoms with Crippen molar-refractivity contribution in [2.45, 2.75) is 33.6 Å². The van der Waals surface area contributed by atoms with Crippen LogP contribution in [-0.4, -0.2) is 30.3 Å². The number of benzene rings is 1. The van der Waals surface area contributed by atoms with Gasteiger partial charge in [0.25, 0.3) is 0 Å². The number of hydrogen-bond acceptors (Lipinski definition) is 2. The summed E-state index contributed by atoms with van der Waals surface area (Å²) in [6.45, 7) is 9.42. The van der Waals surface area contributed by atoms with Crippen LogP contribution in [0, 0.1) is 19.8 Å². The Hall–Kier alpha value is -1.15. The highest BCUT2D eigenvalue weighted by Crippen LogP contribution is 2.16. The maximum atomic E-state index is 12.4. The lowest BCUT2D eigenvalue weighted by atomic mass is 9.96. The van der Waals surface area contributed by atoms with Crippen molar-refractivity contribution in [2.75, 3.05) is 19.6 Å². The summed E-state index contributed by atoms with van der Waals surface area (Å²) in [4.78, 5) is 14.8. The lowest BCUT2D eigenvalue weighted by Crippen LogP contribution is -2.29. The average Bonchev–Trinajstić information content (AvgIpc) is 2.84. The Morgan fingerprint density at radius 1 is 1.22 bits per heavy atom. The van der Waals surface area contributed by atoms with Gasteiger partial charge in [-0.25, -0.2) is 0 Å². The van der Waals surface area contributed by atoms with Gasteiger partial charge < -0.3 is 4.90 Å². The largest absolute Gasteiger partial charge is 0.303 e. The minimum atomic E-state index is 0.102. The van der Waals surface area contributed by atoms with E-state index in [1.165, 1.54) is 24.0 Å². The number of nitrogens with zero attached hydrogens (tertiary/aromatic N) is 1. The Balaban J connectivity index is 2.02. The third kappa shape index (κ3) is 2.99. The molecule has 1 unspecified atom stereocenters. The summed E-state index contributed by atoms with van der Waals surface area (Å²) >= 11 is 0. The second-order valence-electron chi connectivity index (χ2n) is 5.57. The molecule has 2 heteroatoms. The molecule has 98 valence electrons. The summed E-state index contributed by atoms with van der Waals surface area (Å²) in [7, 11) is 0. The van der Waals surface area contributed by atoms with Crippen LogP contribution in [-0.2, 0) is 0 Å². The summed E-state index contributed by atoms with van der Waals surface area (Å²) in [5.41, 5.74) is 3.32. The molecular weight excluding hydrogens is 222 g/mol. The predicted molar refractivity (Wildman–Crippen MR) is 75.1 cm³/mol. The van der Waals surface area contributed by atoms with Gasteiger partial charge in [0.05, 0.1) is 0 Å². The topological polar surface area (TPSA) is 20.3 Å². The van der Waals surface area contributed by atoms with Gasteiger partial charge in [0.1, 0.15) is 0 Å². The molecule has 2 nitrogen and oxygen atoms in total. The molecule has 0 spiro atoms. The molecular formula is C16H23NO. The highest BCUT2D eigenvalue weighted by atomic mass is 16.1. The maximum Gasteiger partial charge on any atom is 0.166 e. The zero-order valence-corrected chi connectivity index (χ0v) is 11.7. The highest BCUT2D eigenvalue weighted by molar-refractivity contribution is 5.98. The lowest BCUT2D eigenvalue weighted by molar-refractivity contribution is 0.0903. The van der Waals surface area contributed by atoms with E-state index in [0.717, 1.165) is 25.2 Å². The highest BCUT2D eigenvalue weighted by Gasteiger charge is 2.20. The first-order chi connectivity index (χ1) is 8.58. The van der Waals surface area contributed by atoms with Gasteiger partial charge in [0.15, 0.2) is 5.78 Å². The first kappa shape index (κ1) is 13.3. The molecule has 1 aromatic rings. The van der Waals surface area contributed by atoms with Crippen LogP contribution in [0.5, 0.6) is 0 Å². The smallest absolute Gasteiger partial charge is 0.166 e. The zero-order valence-electron chi connectivity index (χ0n) is 11.7. The molecule has 0 aromatic heterocycles. The Bertz CT molecular complexity index is 433. The molecule has 0 saturated carbocycles. The Morgan fingerprint density at radius 3 is 2.50 bits per heavy atom. The first-order valence-corrected chi connectivity index (χ1v) is 6.92. The Kier molecular flexibility index (Phi) is 4.18. The SMILES string of the molecule is Cc1ccc(C(=O)C(C)CN2CCCC2)cc1C. The van der Waals surface area contributed by atoms with Crippen LogP contribution in [0.4, 0.5) is 0 Å². The van der Waals surface area contributed by atoms with Crippen molar-refractivity contribution in [3.63, 3.8) is 0 Å². The molecule has 0 amide bonds. The van der Waals surface area contributed by atoms with Crippen molar-refractivity contribution in [1.29, 1.82) is 0 Å². The van der Waals surface area contributed by atoms with E-state index in [-0.39, 0.29) is 11.7 Å². The summed E-state index contributed by atoms with van der Waals surface area (Å²) < 4.78 is 0. The average molecular weight is 245 g/mol. The number of rotatable bonds is 4. The van der Waals surface area contributed by atoms with Crippen molar-refractivity contribution in [2.24, 2.45) is 5.92 Å². The fourth-order valence-corrected chi connectivity index (χ4v) is 2.61. The molecule has 1 atom stereocenters. The van der Waals surface area contributed by atoms with E-state index >= 15 is 0 Å². The van der Waals surface area contributed by atoms with Crippen molar-refractivity contribution in [3.8, 4) is 0 Å². The van der Waals surface area contributed by atoms with Gasteiger partial charge in [-0.1, -0.05) is 19.1 Å². The molecule has 0 bridgehead atoms. The number of Topliss-reactive ketones (excluding diaryl/α,β-unsaturated/α-hetero) is 1. The van der Waals surface area contributed by atoms with Crippen LogP contribution >= 0.6 is 0 Å². The fraction of sp³-hybridized carbons (Fsp3) is 0.562. The Morgan fingerprint density at radius 2 is 1.89 bits per heavy atom. The van der Waals surface area contributed by atoms with Gasteiger partial charge in [-0.15, -0.1) is 0 Å². The molecule has 0 N–H and O–H groups in total. The van der Waals surface area contributed by atoms with Crippen molar-refractivity contribution < 1.29 is 4.79 Å². The summed E-state index contributed by atoms with van der Waals surface area (Å²) in [6, 6.07) is 6.04. The quantitative estimate of drug-likeness (QED) is 0.759. The van der Waals surface area contributed by atoms with Crippen LogP contribution in [0.2, 0.25) is 0 Å². The minimum Gasteiger partial charge on any atom is -0.303 e. The second-order valence-corrected chi connectivity index (χ2v) is 5.57. The number of aryl methyl sites for hydroxylation is 2. The predicted octanol–water partition coefficient (Wildman–Crippen LogP) is 3.22. The molecule has 18 heavy (non-hydrogen) atoms. The third-order valence-corrected chi connectivity index (χ3v) is 3.97.